The molecule has 0 fully saturated rings. The van der Waals surface area contributed by atoms with Crippen LogP contribution in [0.2, 0.25) is 0 Å². The van der Waals surface area contributed by atoms with Crippen molar-refractivity contribution in [1.82, 2.24) is 15.2 Å². The molecule has 3 rings (SSSR count). The predicted molar refractivity (Wildman–Crippen MR) is 93.1 cm³/mol. The summed E-state index contributed by atoms with van der Waals surface area (Å²) >= 11 is 0. The number of pyridine rings is 1. The van der Waals surface area contributed by atoms with Gasteiger partial charge < -0.3 is 10.2 Å². The summed E-state index contributed by atoms with van der Waals surface area (Å²) in [5, 5.41) is 4.96. The van der Waals surface area contributed by atoms with Crippen molar-refractivity contribution in [2.45, 2.75) is 40.3 Å². The summed E-state index contributed by atoms with van der Waals surface area (Å²) in [6, 6.07) is 6.64. The Bertz CT molecular complexity index is 676. The van der Waals surface area contributed by atoms with E-state index in [9.17, 15) is 0 Å². The fourth-order valence-corrected chi connectivity index (χ4v) is 3.27. The Kier molecular flexibility index (Phi) is 4.46. The van der Waals surface area contributed by atoms with Crippen LogP contribution in [0.4, 0.5) is 0 Å². The Morgan fingerprint density at radius 2 is 2.14 bits per heavy atom. The summed E-state index contributed by atoms with van der Waals surface area (Å²) in [5.74, 6) is 0.674. The molecule has 0 spiro atoms. The number of rotatable bonds is 4. The van der Waals surface area contributed by atoms with E-state index < -0.39 is 0 Å². The molecule has 2 aromatic rings. The van der Waals surface area contributed by atoms with Crippen LogP contribution in [-0.2, 0) is 19.5 Å². The lowest BCUT2D eigenvalue weighted by Gasteiger charge is -2.27. The van der Waals surface area contributed by atoms with Crippen LogP contribution < -0.4 is 5.32 Å². The van der Waals surface area contributed by atoms with Crippen molar-refractivity contribution in [3.05, 3.63) is 40.6 Å². The molecule has 0 saturated heterocycles. The minimum atomic E-state index is 0.674. The van der Waals surface area contributed by atoms with Crippen molar-refractivity contribution in [3.63, 3.8) is 0 Å². The number of likely N-dealkylation sites (N-methyl/N-ethyl adjacent to an activating group) is 1. The van der Waals surface area contributed by atoms with E-state index in [1.807, 2.05) is 0 Å². The minimum absolute atomic E-state index is 0.674. The zero-order chi connectivity index (χ0) is 15.7. The summed E-state index contributed by atoms with van der Waals surface area (Å²) in [5.41, 5.74) is 6.66. The lowest BCUT2D eigenvalue weighted by Crippen LogP contribution is -2.30. The molecule has 0 unspecified atom stereocenters. The highest BCUT2D eigenvalue weighted by atomic mass is 15.1. The molecule has 1 aliphatic heterocycles. The van der Waals surface area contributed by atoms with Gasteiger partial charge in [0.05, 0.1) is 5.52 Å². The lowest BCUT2D eigenvalue weighted by atomic mass is 9.95. The topological polar surface area (TPSA) is 28.2 Å². The van der Waals surface area contributed by atoms with Crippen LogP contribution in [0, 0.1) is 12.8 Å². The van der Waals surface area contributed by atoms with Gasteiger partial charge in [0, 0.05) is 37.1 Å². The lowest BCUT2D eigenvalue weighted by molar-refractivity contribution is 0.308. The molecule has 1 aromatic heterocycles. The number of fused-ring (bicyclic) bond motifs is 2. The van der Waals surface area contributed by atoms with E-state index in [-0.39, 0.29) is 0 Å². The zero-order valence-corrected chi connectivity index (χ0v) is 14.2. The van der Waals surface area contributed by atoms with E-state index in [2.05, 4.69) is 56.2 Å². The predicted octanol–water partition coefficient (Wildman–Crippen LogP) is 3.28. The van der Waals surface area contributed by atoms with Crippen LogP contribution >= 0.6 is 0 Å². The second-order valence-corrected chi connectivity index (χ2v) is 7.05. The van der Waals surface area contributed by atoms with Gasteiger partial charge in [-0.15, -0.1) is 0 Å². The molecule has 1 aliphatic rings. The number of nitrogens with one attached hydrogen (secondary N) is 1. The molecule has 3 heteroatoms. The van der Waals surface area contributed by atoms with Gasteiger partial charge >= 0.3 is 0 Å². The monoisotopic (exact) mass is 297 g/mol. The third-order valence-corrected chi connectivity index (χ3v) is 4.46. The van der Waals surface area contributed by atoms with Gasteiger partial charge in [-0.2, -0.15) is 0 Å². The number of hydrogen-bond donors (Lipinski definition) is 1. The zero-order valence-electron chi connectivity index (χ0n) is 14.2. The largest absolute Gasteiger partial charge is 0.312 e. The number of aryl methyl sites for hydroxylation is 1. The maximum Gasteiger partial charge on any atom is 0.0708 e. The minimum Gasteiger partial charge on any atom is -0.312 e. The fourth-order valence-electron chi connectivity index (χ4n) is 3.27. The third kappa shape index (κ3) is 3.16. The van der Waals surface area contributed by atoms with Gasteiger partial charge in [0.2, 0.25) is 0 Å². The number of hydrogen-bond acceptors (Lipinski definition) is 3. The van der Waals surface area contributed by atoms with Gasteiger partial charge in [0.1, 0.15) is 0 Å². The molecule has 0 atom stereocenters. The Hall–Kier alpha value is -1.45. The maximum absolute atomic E-state index is 4.94. The van der Waals surface area contributed by atoms with Crippen LogP contribution in [0.5, 0.6) is 0 Å². The van der Waals surface area contributed by atoms with Gasteiger partial charge in [-0.3, -0.25) is 4.98 Å². The standard InChI is InChI=1S/C19H27N3/c1-13(2)10-20-11-16-15-9-14(3)5-6-18(15)21-19-7-8-22(4)12-17(16)19/h5-6,9,13,20H,7-8,10-12H2,1-4H3. The summed E-state index contributed by atoms with van der Waals surface area (Å²) in [7, 11) is 2.20. The van der Waals surface area contributed by atoms with Gasteiger partial charge in [-0.05, 0) is 49.7 Å². The van der Waals surface area contributed by atoms with Gasteiger partial charge in [-0.25, -0.2) is 0 Å². The molecule has 22 heavy (non-hydrogen) atoms. The van der Waals surface area contributed by atoms with Crippen molar-refractivity contribution in [2.24, 2.45) is 5.92 Å². The highest BCUT2D eigenvalue weighted by molar-refractivity contribution is 5.84. The van der Waals surface area contributed by atoms with Crippen LogP contribution in [0.3, 0.4) is 0 Å². The number of nitrogens with zero attached hydrogens (tertiary/aromatic N) is 2. The number of aromatic nitrogens is 1. The summed E-state index contributed by atoms with van der Waals surface area (Å²) in [4.78, 5) is 7.34. The highest BCUT2D eigenvalue weighted by Gasteiger charge is 2.20. The Morgan fingerprint density at radius 3 is 2.91 bits per heavy atom. The van der Waals surface area contributed by atoms with Crippen molar-refractivity contribution in [2.75, 3.05) is 20.1 Å². The molecule has 0 amide bonds. The first-order valence-electron chi connectivity index (χ1n) is 8.35. The first-order valence-corrected chi connectivity index (χ1v) is 8.35. The van der Waals surface area contributed by atoms with Crippen LogP contribution in [0.25, 0.3) is 10.9 Å². The highest BCUT2D eigenvalue weighted by Crippen LogP contribution is 2.28. The summed E-state index contributed by atoms with van der Waals surface area (Å²) in [6.45, 7) is 10.8. The molecular weight excluding hydrogens is 270 g/mol. The van der Waals surface area contributed by atoms with E-state index in [0.717, 1.165) is 38.1 Å². The second-order valence-electron chi connectivity index (χ2n) is 7.05. The first kappa shape index (κ1) is 15.4. The van der Waals surface area contributed by atoms with E-state index in [1.54, 1.807) is 0 Å². The van der Waals surface area contributed by atoms with E-state index in [1.165, 1.54) is 27.8 Å². The average molecular weight is 297 g/mol. The first-order chi connectivity index (χ1) is 10.5. The van der Waals surface area contributed by atoms with Crippen LogP contribution in [0.15, 0.2) is 18.2 Å². The molecule has 0 bridgehead atoms. The SMILES string of the molecule is Cc1ccc2nc3c(c(CNCC(C)C)c2c1)CN(C)CC3. The third-order valence-electron chi connectivity index (χ3n) is 4.46. The summed E-state index contributed by atoms with van der Waals surface area (Å²) in [6.07, 6.45) is 1.06. The van der Waals surface area contributed by atoms with E-state index in [0.29, 0.717) is 5.92 Å². The Labute approximate surface area is 133 Å². The van der Waals surface area contributed by atoms with Gasteiger partial charge in [0.25, 0.3) is 0 Å². The van der Waals surface area contributed by atoms with Crippen molar-refractivity contribution in [1.29, 1.82) is 0 Å². The quantitative estimate of drug-likeness (QED) is 0.939. The molecule has 3 nitrogen and oxygen atoms in total. The molecular formula is C19H27N3. The van der Waals surface area contributed by atoms with Crippen molar-refractivity contribution >= 4 is 10.9 Å². The normalized spacial score (nSPS) is 15.5. The summed E-state index contributed by atoms with van der Waals surface area (Å²) < 4.78 is 0. The molecule has 2 heterocycles. The molecule has 0 radical (unpaired) electrons. The van der Waals surface area contributed by atoms with E-state index in [4.69, 9.17) is 4.98 Å². The molecule has 1 aromatic carbocycles. The second kappa shape index (κ2) is 6.35. The van der Waals surface area contributed by atoms with Crippen molar-refractivity contribution in [3.8, 4) is 0 Å². The Balaban J connectivity index is 2.07. The molecule has 118 valence electrons. The average Bonchev–Trinajstić information content (AvgIpc) is 2.47. The van der Waals surface area contributed by atoms with Crippen LogP contribution in [0.1, 0.15) is 36.2 Å². The fraction of sp³-hybridized carbons (Fsp3) is 0.526. The van der Waals surface area contributed by atoms with Gasteiger partial charge in [-0.1, -0.05) is 25.5 Å². The number of benzene rings is 1. The molecule has 1 N–H and O–H groups in total. The van der Waals surface area contributed by atoms with Crippen molar-refractivity contribution < 1.29 is 0 Å². The maximum atomic E-state index is 4.94. The molecule has 0 aliphatic carbocycles. The van der Waals surface area contributed by atoms with E-state index >= 15 is 0 Å². The van der Waals surface area contributed by atoms with Gasteiger partial charge in [0.15, 0.2) is 0 Å². The molecule has 0 saturated carbocycles. The van der Waals surface area contributed by atoms with Crippen LogP contribution in [-0.4, -0.2) is 30.0 Å². The Morgan fingerprint density at radius 1 is 1.32 bits per heavy atom. The smallest absolute Gasteiger partial charge is 0.0708 e.